The van der Waals surface area contributed by atoms with E-state index in [9.17, 15) is 17.2 Å². The Morgan fingerprint density at radius 3 is 2.04 bits per heavy atom. The van der Waals surface area contributed by atoms with Gasteiger partial charge in [-0.25, -0.2) is 8.42 Å². The van der Waals surface area contributed by atoms with Gasteiger partial charge in [-0.1, -0.05) is 6.07 Å². The fraction of sp³-hybridized carbons (Fsp3) is 0.333. The first kappa shape index (κ1) is 21.7. The third-order valence-electron chi connectivity index (χ3n) is 3.91. The third-order valence-corrected chi connectivity index (χ3v) is 5.71. The van der Waals surface area contributed by atoms with Gasteiger partial charge < -0.3 is 18.9 Å². The van der Waals surface area contributed by atoms with Gasteiger partial charge in [0.05, 0.1) is 26.2 Å². The van der Waals surface area contributed by atoms with Crippen molar-refractivity contribution in [1.29, 1.82) is 0 Å². The van der Waals surface area contributed by atoms with Gasteiger partial charge in [0.1, 0.15) is 0 Å². The highest BCUT2D eigenvalue weighted by atomic mass is 32.2. The van der Waals surface area contributed by atoms with Crippen LogP contribution < -0.4 is 18.9 Å². The van der Waals surface area contributed by atoms with Crippen molar-refractivity contribution in [2.45, 2.75) is 18.1 Å². The van der Waals surface area contributed by atoms with Crippen molar-refractivity contribution in [3.8, 4) is 23.0 Å². The predicted octanol–water partition coefficient (Wildman–Crippen LogP) is 3.13. The maximum Gasteiger partial charge on any atom is 0.387 e. The molecule has 0 aromatic heterocycles. The van der Waals surface area contributed by atoms with E-state index in [-0.39, 0.29) is 28.7 Å². The van der Waals surface area contributed by atoms with Crippen LogP contribution in [0.15, 0.2) is 41.3 Å². The number of halogens is 2. The smallest absolute Gasteiger partial charge is 0.387 e. The summed E-state index contributed by atoms with van der Waals surface area (Å²) in [4.78, 5) is 0.00483. The van der Waals surface area contributed by atoms with Crippen molar-refractivity contribution in [3.63, 3.8) is 0 Å². The Labute approximate surface area is 162 Å². The normalized spacial score (nSPS) is 11.6. The van der Waals surface area contributed by atoms with Crippen LogP contribution in [0, 0.1) is 0 Å². The Morgan fingerprint density at radius 2 is 1.46 bits per heavy atom. The van der Waals surface area contributed by atoms with Gasteiger partial charge in [0.25, 0.3) is 0 Å². The fourth-order valence-electron chi connectivity index (χ4n) is 2.51. The van der Waals surface area contributed by atoms with Crippen molar-refractivity contribution >= 4 is 10.0 Å². The maximum atomic E-state index is 12.8. The lowest BCUT2D eigenvalue weighted by atomic mass is 10.2. The molecule has 28 heavy (non-hydrogen) atoms. The zero-order chi connectivity index (χ0) is 20.9. The summed E-state index contributed by atoms with van der Waals surface area (Å²) >= 11 is 0. The predicted molar refractivity (Wildman–Crippen MR) is 97.8 cm³/mol. The molecule has 0 radical (unpaired) electrons. The van der Waals surface area contributed by atoms with Crippen molar-refractivity contribution in [1.82, 2.24) is 4.31 Å². The average molecular weight is 417 g/mol. The number of alkyl halides is 2. The lowest BCUT2D eigenvalue weighted by Crippen LogP contribution is -2.26. The highest BCUT2D eigenvalue weighted by molar-refractivity contribution is 7.89. The molecule has 0 atom stereocenters. The summed E-state index contributed by atoms with van der Waals surface area (Å²) in [5.41, 5.74) is 0.447. The molecular formula is C18H21F2NO6S. The first-order valence-electron chi connectivity index (χ1n) is 8.03. The molecule has 0 spiro atoms. The quantitative estimate of drug-likeness (QED) is 0.624. The van der Waals surface area contributed by atoms with Gasteiger partial charge in [0.15, 0.2) is 23.0 Å². The second-order valence-electron chi connectivity index (χ2n) is 5.64. The average Bonchev–Trinajstić information content (AvgIpc) is 2.67. The van der Waals surface area contributed by atoms with Gasteiger partial charge in [-0.05, 0) is 29.8 Å². The summed E-state index contributed by atoms with van der Waals surface area (Å²) in [6, 6.07) is 8.55. The number of ether oxygens (including phenoxy) is 4. The van der Waals surface area contributed by atoms with Crippen LogP contribution in [0.3, 0.4) is 0 Å². The van der Waals surface area contributed by atoms with Gasteiger partial charge in [-0.3, -0.25) is 0 Å². The minimum absolute atomic E-state index is 0.00483. The molecule has 7 nitrogen and oxygen atoms in total. The second-order valence-corrected chi connectivity index (χ2v) is 7.69. The minimum Gasteiger partial charge on any atom is -0.493 e. The third kappa shape index (κ3) is 4.82. The monoisotopic (exact) mass is 417 g/mol. The van der Waals surface area contributed by atoms with E-state index >= 15 is 0 Å². The molecule has 0 N–H and O–H groups in total. The summed E-state index contributed by atoms with van der Waals surface area (Å²) < 4.78 is 71.6. The number of benzene rings is 2. The summed E-state index contributed by atoms with van der Waals surface area (Å²) in [6.07, 6.45) is 0. The number of hydrogen-bond donors (Lipinski definition) is 0. The molecule has 0 amide bonds. The van der Waals surface area contributed by atoms with Crippen LogP contribution >= 0.6 is 0 Å². The summed E-state index contributed by atoms with van der Waals surface area (Å²) in [5.74, 6) is 0.614. The first-order chi connectivity index (χ1) is 13.2. The topological polar surface area (TPSA) is 74.3 Å². The zero-order valence-corrected chi connectivity index (χ0v) is 16.6. The van der Waals surface area contributed by atoms with Crippen molar-refractivity contribution in [3.05, 3.63) is 42.0 Å². The van der Waals surface area contributed by atoms with E-state index in [4.69, 9.17) is 14.2 Å². The van der Waals surface area contributed by atoms with Gasteiger partial charge in [0, 0.05) is 19.7 Å². The van der Waals surface area contributed by atoms with Gasteiger partial charge >= 0.3 is 6.61 Å². The highest BCUT2D eigenvalue weighted by Gasteiger charge is 2.23. The summed E-state index contributed by atoms with van der Waals surface area (Å²) in [6.45, 7) is -3.10. The van der Waals surface area contributed by atoms with E-state index in [2.05, 4.69) is 4.74 Å². The molecule has 0 saturated heterocycles. The molecule has 0 aliphatic rings. The number of methoxy groups -OCH3 is 3. The Kier molecular flexibility index (Phi) is 7.03. The molecule has 0 unspecified atom stereocenters. The largest absolute Gasteiger partial charge is 0.493 e. The Hall–Kier alpha value is -2.59. The van der Waals surface area contributed by atoms with E-state index in [1.807, 2.05) is 0 Å². The van der Waals surface area contributed by atoms with Crippen LogP contribution in [0.1, 0.15) is 5.56 Å². The van der Waals surface area contributed by atoms with E-state index < -0.39 is 16.6 Å². The zero-order valence-electron chi connectivity index (χ0n) is 15.8. The standard InChI is InChI=1S/C18H21F2NO6S/c1-21(11-12-5-7-15(25-3)17(9-12)27-18(19)20)28(22,23)13-6-8-14(24-2)16(10-13)26-4/h5-10,18H,11H2,1-4H3. The van der Waals surface area contributed by atoms with Gasteiger partial charge in [-0.15, -0.1) is 0 Å². The molecule has 2 aromatic rings. The van der Waals surface area contributed by atoms with E-state index in [0.29, 0.717) is 11.3 Å². The van der Waals surface area contributed by atoms with Crippen LogP contribution in [0.5, 0.6) is 23.0 Å². The SMILES string of the molecule is COc1ccc(S(=O)(=O)N(C)Cc2ccc(OC)c(OC(F)F)c2)cc1OC. The number of sulfonamides is 1. The van der Waals surface area contributed by atoms with Crippen LogP contribution in [-0.2, 0) is 16.6 Å². The van der Waals surface area contributed by atoms with Crippen LogP contribution in [0.2, 0.25) is 0 Å². The number of hydrogen-bond acceptors (Lipinski definition) is 6. The highest BCUT2D eigenvalue weighted by Crippen LogP contribution is 2.32. The molecule has 0 bridgehead atoms. The van der Waals surface area contributed by atoms with E-state index in [0.717, 1.165) is 4.31 Å². The maximum absolute atomic E-state index is 12.8. The minimum atomic E-state index is -3.87. The molecule has 0 fully saturated rings. The fourth-order valence-corrected chi connectivity index (χ4v) is 3.68. The number of rotatable bonds is 9. The molecule has 0 aliphatic carbocycles. The molecular weight excluding hydrogens is 396 g/mol. The van der Waals surface area contributed by atoms with E-state index in [1.54, 1.807) is 6.07 Å². The Balaban J connectivity index is 2.29. The van der Waals surface area contributed by atoms with Crippen molar-refractivity contribution in [2.75, 3.05) is 28.4 Å². The summed E-state index contributed by atoms with van der Waals surface area (Å²) in [7, 11) is 1.68. The van der Waals surface area contributed by atoms with Gasteiger partial charge in [-0.2, -0.15) is 13.1 Å². The van der Waals surface area contributed by atoms with E-state index in [1.165, 1.54) is 58.7 Å². The Morgan fingerprint density at radius 1 is 0.893 bits per heavy atom. The lowest BCUT2D eigenvalue weighted by molar-refractivity contribution is -0.0512. The second kappa shape index (κ2) is 9.07. The molecule has 2 rings (SSSR count). The van der Waals surface area contributed by atoms with Crippen LogP contribution in [0.4, 0.5) is 8.78 Å². The van der Waals surface area contributed by atoms with Crippen molar-refractivity contribution < 1.29 is 36.1 Å². The first-order valence-corrected chi connectivity index (χ1v) is 9.47. The Bertz CT molecular complexity index is 920. The molecule has 154 valence electrons. The van der Waals surface area contributed by atoms with Crippen LogP contribution in [-0.4, -0.2) is 47.7 Å². The lowest BCUT2D eigenvalue weighted by Gasteiger charge is -2.19. The molecule has 0 aliphatic heterocycles. The molecule has 2 aromatic carbocycles. The van der Waals surface area contributed by atoms with Crippen LogP contribution in [0.25, 0.3) is 0 Å². The molecule has 0 heterocycles. The number of nitrogens with zero attached hydrogens (tertiary/aromatic N) is 1. The summed E-state index contributed by atoms with van der Waals surface area (Å²) in [5, 5.41) is 0. The molecule has 0 saturated carbocycles. The van der Waals surface area contributed by atoms with Crippen molar-refractivity contribution in [2.24, 2.45) is 0 Å². The van der Waals surface area contributed by atoms with Gasteiger partial charge in [0.2, 0.25) is 10.0 Å². The molecule has 10 heteroatoms.